The number of nitrogens with zero attached hydrogens (tertiary/aromatic N) is 9. The number of alkyl halides is 9. The minimum absolute atomic E-state index is 0. The molecule has 0 bridgehead atoms. The van der Waals surface area contributed by atoms with Gasteiger partial charge in [0, 0.05) is 114 Å². The maximum absolute atomic E-state index is 14.1. The molecular formula is C64H66B10Cl6F10N10O9Si2. The van der Waals surface area contributed by atoms with Crippen LogP contribution in [0.4, 0.5) is 43.9 Å². The zero-order chi connectivity index (χ0) is 83.0. The number of benzene rings is 4. The van der Waals surface area contributed by atoms with Crippen molar-refractivity contribution in [1.29, 1.82) is 0 Å². The number of halogens is 16. The number of aromatic nitrogens is 10. The standard InChI is InChI=1S/C19H13ClF4N2O2.C17H20ClF3N2O2Si.C12H8ClF3N2O2.C10H17ClN2O2Si.C5H4Cl2N2O.CH4.B4.B3.B2.B/c1-28-15-10-26(9-11-5-2-3-8-14(11)21)17(25-18(15)27)12-6-4-7-13(16(12)20)19(22,23)24;1-24-13-10-22-15(23-16(13)25-8-9-26(2,3)4)11-6-5-7-12(14(11)18)17(19,20)21;1-20-8-5-17-10(18-11(8)19)6-3-2-4-7(9(6)13)12(14,15)16;1-14-8-7-12-10(11)13-9(8)15-5-6-16(2,3)4;1-10-3-2-8-5(7)9-4(3)6;;1-4(2)3;1-3-2;1-2;/h2-8,10H,9H2,1H3;5-7,10H,8-9H2,1-4H3;2-5H,1H3,(H,17,18,19);7H,5-6H2,1-4H3;2H,1H3;1H4;;;;. The second-order valence-electron chi connectivity index (χ2n) is 23.4. The first-order valence-corrected chi connectivity index (χ1v) is 40.5. The minimum Gasteiger partial charge on any atom is -0.492 e. The van der Waals surface area contributed by atoms with Crippen molar-refractivity contribution < 1.29 is 77.1 Å². The number of hydrogen-bond acceptors (Lipinski definition) is 17. The molecule has 0 unspecified atom stereocenters. The highest BCUT2D eigenvalue weighted by Gasteiger charge is 2.37. The van der Waals surface area contributed by atoms with Crippen LogP contribution in [0.5, 0.6) is 40.5 Å². The van der Waals surface area contributed by atoms with E-state index < -0.39 is 89.8 Å². The summed E-state index contributed by atoms with van der Waals surface area (Å²) in [5.41, 5.74) is -4.16. The highest BCUT2D eigenvalue weighted by atomic mass is 35.5. The molecule has 5 heterocycles. The van der Waals surface area contributed by atoms with E-state index in [1.54, 1.807) is 13.2 Å². The van der Waals surface area contributed by atoms with Gasteiger partial charge in [-0.2, -0.15) is 54.5 Å². The minimum atomic E-state index is -4.68. The molecular weight excluding hydrogens is 1620 g/mol. The molecule has 0 saturated carbocycles. The highest BCUT2D eigenvalue weighted by molar-refractivity contribution is 7.49. The van der Waals surface area contributed by atoms with E-state index in [4.69, 9.17) is 103 Å². The molecule has 47 heteroatoms. The second kappa shape index (κ2) is 49.3. The van der Waals surface area contributed by atoms with Crippen LogP contribution in [0.3, 0.4) is 0 Å². The monoisotopic (exact) mass is 1680 g/mol. The van der Waals surface area contributed by atoms with Crippen molar-refractivity contribution in [2.75, 3.05) is 48.8 Å². The Morgan fingerprint density at radius 2 is 0.910 bits per heavy atom. The van der Waals surface area contributed by atoms with Gasteiger partial charge >= 0.3 is 24.1 Å². The third kappa shape index (κ3) is 35.3. The van der Waals surface area contributed by atoms with Gasteiger partial charge in [0.2, 0.25) is 22.1 Å². The van der Waals surface area contributed by atoms with Crippen LogP contribution in [0.1, 0.15) is 29.7 Å². The highest BCUT2D eigenvalue weighted by Crippen LogP contribution is 2.43. The fraction of sp³-hybridized carbons (Fsp3) is 0.312. The molecule has 0 aliphatic rings. The van der Waals surface area contributed by atoms with Crippen LogP contribution in [-0.2, 0) is 25.1 Å². The summed E-state index contributed by atoms with van der Waals surface area (Å²) in [5, 5.41) is -1.06. The molecule has 0 fully saturated rings. The van der Waals surface area contributed by atoms with Crippen molar-refractivity contribution in [3.05, 3.63) is 189 Å². The average molecular weight is 1690 g/mol. The molecule has 19 nitrogen and oxygen atoms in total. The lowest BCUT2D eigenvalue weighted by molar-refractivity contribution is -0.138. The molecule has 1 N–H and O–H groups in total. The summed E-state index contributed by atoms with van der Waals surface area (Å²) in [6.45, 7) is 14.5. The van der Waals surface area contributed by atoms with Gasteiger partial charge in [-0.05, 0) is 77.8 Å². The number of H-pyrrole nitrogens is 1. The zero-order valence-corrected chi connectivity index (χ0v) is 67.0. The fourth-order valence-electron chi connectivity index (χ4n) is 7.89. The van der Waals surface area contributed by atoms with E-state index in [0.717, 1.165) is 49.6 Å². The molecule has 9 aromatic rings. The smallest absolute Gasteiger partial charge is 0.417 e. The van der Waals surface area contributed by atoms with E-state index in [0.29, 0.717) is 36.3 Å². The Morgan fingerprint density at radius 1 is 0.523 bits per heavy atom. The number of hydrogen-bond donors (Lipinski definition) is 1. The lowest BCUT2D eigenvalue weighted by Crippen LogP contribution is -2.22. The van der Waals surface area contributed by atoms with Crippen LogP contribution >= 0.6 is 69.6 Å². The molecule has 0 saturated heterocycles. The predicted molar refractivity (Wildman–Crippen MR) is 431 cm³/mol. The van der Waals surface area contributed by atoms with Gasteiger partial charge in [0.25, 0.3) is 17.3 Å². The van der Waals surface area contributed by atoms with Crippen molar-refractivity contribution in [1.82, 2.24) is 49.4 Å². The van der Waals surface area contributed by atoms with E-state index in [1.165, 1.54) is 106 Å². The third-order valence-corrected chi connectivity index (χ3v) is 18.3. The van der Waals surface area contributed by atoms with E-state index >= 15 is 0 Å². The van der Waals surface area contributed by atoms with Crippen molar-refractivity contribution in [2.45, 2.75) is 83.9 Å². The Labute approximate surface area is 680 Å². The van der Waals surface area contributed by atoms with Gasteiger partial charge in [-0.3, -0.25) is 9.59 Å². The number of aromatic amines is 1. The number of nitrogens with one attached hydrogen (secondary N) is 1. The van der Waals surface area contributed by atoms with Crippen molar-refractivity contribution >= 4 is 162 Å². The van der Waals surface area contributed by atoms with Gasteiger partial charge in [-0.15, -0.1) is 0 Å². The SMILES string of the molecule is C.COc1cn(Cc2ccccc2F)c(-c2cccc(C(F)(F)F)c2Cl)nc1=O.COc1cnc(-c2cccc(C(F)(F)F)c2Cl)[nH]c1=O.COc1cnc(-c2cccc(C(F)(F)F)c2Cl)nc1OCC[Si](C)(C)C.COc1cnc(Cl)nc1Cl.COc1cnc(Cl)nc1OCC[Si](C)(C)C.[B].[B]B([B])[B].[B][B].[B][B][B]. The summed E-state index contributed by atoms with van der Waals surface area (Å²) in [4.78, 5) is 57.0. The van der Waals surface area contributed by atoms with Gasteiger partial charge in [0.15, 0.2) is 28.2 Å². The zero-order valence-electron chi connectivity index (χ0n) is 60.4. The van der Waals surface area contributed by atoms with Crippen LogP contribution < -0.4 is 44.3 Å². The molecule has 0 spiro atoms. The van der Waals surface area contributed by atoms with Gasteiger partial charge < -0.3 is 42.7 Å². The Bertz CT molecular complexity index is 4490. The van der Waals surface area contributed by atoms with Crippen LogP contribution in [0.2, 0.25) is 82.2 Å². The molecule has 5 aromatic heterocycles. The Morgan fingerprint density at radius 3 is 1.33 bits per heavy atom. The lowest BCUT2D eigenvalue weighted by Gasteiger charge is -2.17. The molecule has 4 aromatic carbocycles. The molecule has 576 valence electrons. The topological polar surface area (TPSA) is 223 Å². The second-order valence-corrected chi connectivity index (χ2v) is 36.9. The van der Waals surface area contributed by atoms with E-state index in [1.807, 2.05) is 0 Å². The number of ether oxygens (including phenoxy) is 7. The molecule has 0 aliphatic heterocycles. The molecule has 9 rings (SSSR count). The van der Waals surface area contributed by atoms with Gasteiger partial charge in [-0.25, -0.2) is 29.3 Å². The lowest BCUT2D eigenvalue weighted by atomic mass is 9.08. The quantitative estimate of drug-likeness (QED) is 0.0365. The summed E-state index contributed by atoms with van der Waals surface area (Å²) in [7, 11) is 36.6. The van der Waals surface area contributed by atoms with Crippen LogP contribution in [0, 0.1) is 5.82 Å². The molecule has 0 atom stereocenters. The van der Waals surface area contributed by atoms with Crippen molar-refractivity contribution in [3.8, 4) is 74.7 Å². The molecule has 111 heavy (non-hydrogen) atoms. The fourth-order valence-corrected chi connectivity index (χ4v) is 10.8. The van der Waals surface area contributed by atoms with Crippen LogP contribution in [0.25, 0.3) is 34.2 Å². The normalized spacial score (nSPS) is 10.7. The van der Waals surface area contributed by atoms with E-state index in [2.05, 4.69) is 138 Å². The maximum Gasteiger partial charge on any atom is 0.417 e. The van der Waals surface area contributed by atoms with E-state index in [9.17, 15) is 53.5 Å². The Hall–Kier alpha value is -7.40. The van der Waals surface area contributed by atoms with Gasteiger partial charge in [0.05, 0.1) is 118 Å². The first-order chi connectivity index (χ1) is 50.9. The average Bonchev–Trinajstić information content (AvgIpc) is 0.791. The van der Waals surface area contributed by atoms with E-state index in [-0.39, 0.29) is 95.2 Å². The van der Waals surface area contributed by atoms with Gasteiger partial charge in [0.1, 0.15) is 17.5 Å². The van der Waals surface area contributed by atoms with Crippen LogP contribution in [0.15, 0.2) is 119 Å². The van der Waals surface area contributed by atoms with Crippen molar-refractivity contribution in [2.24, 2.45) is 0 Å². The van der Waals surface area contributed by atoms with Crippen LogP contribution in [-0.4, -0.2) is 190 Å². The summed E-state index contributed by atoms with van der Waals surface area (Å²) < 4.78 is 168. The largest absolute Gasteiger partial charge is 0.492 e. The molecule has 0 amide bonds. The molecule has 18 radical (unpaired) electrons. The summed E-state index contributed by atoms with van der Waals surface area (Å²) in [6.07, 6.45) is -7.83. The Balaban J connectivity index is 0.00000136. The molecule has 0 aliphatic carbocycles. The Kier molecular flexibility index (Phi) is 46.0. The number of methoxy groups -OCH3 is 5. The van der Waals surface area contributed by atoms with Gasteiger partial charge in [-0.1, -0.05) is 130 Å². The predicted octanol–water partition coefficient (Wildman–Crippen LogP) is 14.9. The summed E-state index contributed by atoms with van der Waals surface area (Å²) in [5.74, 6) is 1.01. The first-order valence-electron chi connectivity index (χ1n) is 30.8. The van der Waals surface area contributed by atoms with Crippen molar-refractivity contribution in [3.63, 3.8) is 0 Å². The third-order valence-electron chi connectivity index (χ3n) is 13.1. The number of rotatable bonds is 18. The summed E-state index contributed by atoms with van der Waals surface area (Å²) >= 11 is 34.3. The summed E-state index contributed by atoms with van der Waals surface area (Å²) in [6, 6.07) is 18.1. The maximum atomic E-state index is 14.1. The first kappa shape index (κ1) is 104.